The van der Waals surface area contributed by atoms with E-state index < -0.39 is 6.04 Å². The topological polar surface area (TPSA) is 58.6 Å². The number of hydrogen-bond donors (Lipinski definition) is 1. The molecule has 1 fully saturated rings. The molecule has 0 aromatic heterocycles. The molecule has 1 saturated heterocycles. The quantitative estimate of drug-likeness (QED) is 0.758. The van der Waals surface area contributed by atoms with Crippen molar-refractivity contribution in [1.82, 2.24) is 10.2 Å². The van der Waals surface area contributed by atoms with Crippen molar-refractivity contribution in [2.75, 3.05) is 20.2 Å². The third-order valence-corrected chi connectivity index (χ3v) is 3.26. The molecule has 1 N–H and O–H groups in total. The van der Waals surface area contributed by atoms with E-state index in [4.69, 9.17) is 4.74 Å². The molecule has 5 nitrogen and oxygen atoms in total. The lowest BCUT2D eigenvalue weighted by Gasteiger charge is -2.29. The van der Waals surface area contributed by atoms with E-state index in [1.165, 1.54) is 0 Å². The molecule has 5 heteroatoms. The summed E-state index contributed by atoms with van der Waals surface area (Å²) in [5, 5.41) is 2.78. The Hall–Kier alpha value is -2.04. The Morgan fingerprint density at radius 3 is 3.00 bits per heavy atom. The molecule has 2 amide bonds. The zero-order chi connectivity index (χ0) is 12.0. The zero-order valence-corrected chi connectivity index (χ0v) is 9.40. The molecule has 17 heavy (non-hydrogen) atoms. The van der Waals surface area contributed by atoms with Crippen molar-refractivity contribution in [2.45, 2.75) is 6.04 Å². The van der Waals surface area contributed by atoms with Gasteiger partial charge < -0.3 is 15.0 Å². The van der Waals surface area contributed by atoms with Crippen LogP contribution in [-0.4, -0.2) is 36.9 Å². The van der Waals surface area contributed by atoms with Crippen LogP contribution in [0.15, 0.2) is 18.2 Å². The highest BCUT2D eigenvalue weighted by molar-refractivity contribution is 6.05. The fourth-order valence-corrected chi connectivity index (χ4v) is 2.44. The van der Waals surface area contributed by atoms with E-state index in [-0.39, 0.29) is 11.8 Å². The average Bonchev–Trinajstić information content (AvgIpc) is 2.64. The Labute approximate surface area is 98.4 Å². The van der Waals surface area contributed by atoms with Gasteiger partial charge in [-0.1, -0.05) is 0 Å². The molecule has 3 rings (SSSR count). The molecule has 0 bridgehead atoms. The van der Waals surface area contributed by atoms with Gasteiger partial charge >= 0.3 is 0 Å². The highest BCUT2D eigenvalue weighted by atomic mass is 16.5. The third kappa shape index (κ3) is 1.32. The maximum atomic E-state index is 12.1. The highest BCUT2D eigenvalue weighted by Gasteiger charge is 2.43. The second-order valence-electron chi connectivity index (χ2n) is 4.15. The van der Waals surface area contributed by atoms with Crippen LogP contribution in [0.1, 0.15) is 22.0 Å². The lowest BCUT2D eigenvalue weighted by Crippen LogP contribution is -2.48. The second kappa shape index (κ2) is 3.48. The molecule has 0 saturated carbocycles. The number of carbonyl (C=O) groups excluding carboxylic acids is 2. The van der Waals surface area contributed by atoms with Gasteiger partial charge in [0.1, 0.15) is 11.8 Å². The molecule has 1 aromatic rings. The summed E-state index contributed by atoms with van der Waals surface area (Å²) in [7, 11) is 1.57. The minimum absolute atomic E-state index is 0.0671. The van der Waals surface area contributed by atoms with E-state index in [0.29, 0.717) is 24.4 Å². The molecular formula is C12H12N2O3. The van der Waals surface area contributed by atoms with Gasteiger partial charge in [0.05, 0.1) is 7.11 Å². The molecule has 1 aromatic carbocycles. The summed E-state index contributed by atoms with van der Waals surface area (Å²) in [6, 6.07) is 4.75. The third-order valence-electron chi connectivity index (χ3n) is 3.26. The molecule has 2 aliphatic rings. The van der Waals surface area contributed by atoms with Crippen molar-refractivity contribution < 1.29 is 14.3 Å². The normalized spacial score (nSPS) is 21.9. The molecule has 1 atom stereocenters. The van der Waals surface area contributed by atoms with E-state index >= 15 is 0 Å². The maximum absolute atomic E-state index is 12.1. The largest absolute Gasteiger partial charge is 0.497 e. The van der Waals surface area contributed by atoms with Crippen molar-refractivity contribution in [3.8, 4) is 5.75 Å². The van der Waals surface area contributed by atoms with Crippen LogP contribution in [0.5, 0.6) is 5.75 Å². The number of nitrogens with zero attached hydrogens (tertiary/aromatic N) is 1. The van der Waals surface area contributed by atoms with Crippen molar-refractivity contribution in [3.05, 3.63) is 29.3 Å². The van der Waals surface area contributed by atoms with Gasteiger partial charge in [-0.15, -0.1) is 0 Å². The van der Waals surface area contributed by atoms with Crippen LogP contribution in [0, 0.1) is 0 Å². The van der Waals surface area contributed by atoms with Crippen LogP contribution in [0.3, 0.4) is 0 Å². The Balaban J connectivity index is 2.13. The molecule has 0 spiro atoms. The summed E-state index contributed by atoms with van der Waals surface area (Å²) < 4.78 is 5.13. The molecule has 88 valence electrons. The Morgan fingerprint density at radius 1 is 1.41 bits per heavy atom. The number of piperazine rings is 1. The first-order valence-electron chi connectivity index (χ1n) is 5.49. The number of hydrogen-bond acceptors (Lipinski definition) is 3. The highest BCUT2D eigenvalue weighted by Crippen LogP contribution is 2.36. The van der Waals surface area contributed by atoms with E-state index in [0.717, 1.165) is 5.56 Å². The van der Waals surface area contributed by atoms with Gasteiger partial charge in [-0.3, -0.25) is 9.59 Å². The summed E-state index contributed by atoms with van der Waals surface area (Å²) in [4.78, 5) is 25.5. The predicted molar refractivity (Wildman–Crippen MR) is 59.8 cm³/mol. The molecule has 0 radical (unpaired) electrons. The van der Waals surface area contributed by atoms with Crippen molar-refractivity contribution >= 4 is 11.8 Å². The minimum Gasteiger partial charge on any atom is -0.497 e. The average molecular weight is 232 g/mol. The van der Waals surface area contributed by atoms with E-state index in [1.54, 1.807) is 30.2 Å². The molecule has 0 aliphatic carbocycles. The molecule has 1 unspecified atom stereocenters. The number of amides is 2. The first kappa shape index (κ1) is 10.1. The number of methoxy groups -OCH3 is 1. The van der Waals surface area contributed by atoms with Gasteiger partial charge in [-0.25, -0.2) is 0 Å². The van der Waals surface area contributed by atoms with Crippen LogP contribution in [0.4, 0.5) is 0 Å². The lowest BCUT2D eigenvalue weighted by molar-refractivity contribution is -0.127. The van der Waals surface area contributed by atoms with E-state index in [1.807, 2.05) is 0 Å². The molecule has 2 heterocycles. The number of benzene rings is 1. The minimum atomic E-state index is -0.485. The number of rotatable bonds is 1. The number of carbonyl (C=O) groups is 2. The summed E-state index contributed by atoms with van der Waals surface area (Å²) in [5.41, 5.74) is 1.35. The fraction of sp³-hybridized carbons (Fsp3) is 0.333. The zero-order valence-electron chi connectivity index (χ0n) is 9.40. The van der Waals surface area contributed by atoms with Gasteiger partial charge in [0.25, 0.3) is 5.91 Å². The second-order valence-corrected chi connectivity index (χ2v) is 4.15. The Bertz CT molecular complexity index is 512. The van der Waals surface area contributed by atoms with Crippen molar-refractivity contribution in [1.29, 1.82) is 0 Å². The van der Waals surface area contributed by atoms with Crippen molar-refractivity contribution in [2.24, 2.45) is 0 Å². The van der Waals surface area contributed by atoms with Crippen LogP contribution in [0.25, 0.3) is 0 Å². The van der Waals surface area contributed by atoms with Gasteiger partial charge in [-0.05, 0) is 18.2 Å². The predicted octanol–water partition coefficient (Wildman–Crippen LogP) is 0.322. The van der Waals surface area contributed by atoms with Gasteiger partial charge in [-0.2, -0.15) is 0 Å². The summed E-state index contributed by atoms with van der Waals surface area (Å²) in [6.07, 6.45) is 0. The lowest BCUT2D eigenvalue weighted by atomic mass is 10.0. The number of nitrogens with one attached hydrogen (secondary N) is 1. The summed E-state index contributed by atoms with van der Waals surface area (Å²) in [5.74, 6) is 0.482. The fourth-order valence-electron chi connectivity index (χ4n) is 2.44. The van der Waals surface area contributed by atoms with E-state index in [2.05, 4.69) is 5.32 Å². The van der Waals surface area contributed by atoms with Crippen molar-refractivity contribution in [3.63, 3.8) is 0 Å². The van der Waals surface area contributed by atoms with Crippen LogP contribution >= 0.6 is 0 Å². The van der Waals surface area contributed by atoms with Gasteiger partial charge in [0, 0.05) is 24.2 Å². The maximum Gasteiger partial charge on any atom is 0.255 e. The Morgan fingerprint density at radius 2 is 2.24 bits per heavy atom. The molecule has 2 aliphatic heterocycles. The van der Waals surface area contributed by atoms with E-state index in [9.17, 15) is 9.59 Å². The molecular weight excluding hydrogens is 220 g/mol. The number of fused-ring (bicyclic) bond motifs is 3. The Kier molecular flexibility index (Phi) is 2.07. The van der Waals surface area contributed by atoms with Gasteiger partial charge in [0.15, 0.2) is 0 Å². The SMILES string of the molecule is COc1ccc2c(c1)C1C(=O)NCCN1C2=O. The first-order valence-corrected chi connectivity index (χ1v) is 5.49. The summed E-state index contributed by atoms with van der Waals surface area (Å²) >= 11 is 0. The first-order chi connectivity index (χ1) is 8.22. The standard InChI is InChI=1S/C12H12N2O3/c1-17-7-2-3-8-9(6-7)10-11(15)13-4-5-14(10)12(8)16/h2-3,6,10H,4-5H2,1H3,(H,13,15). The smallest absolute Gasteiger partial charge is 0.255 e. The monoisotopic (exact) mass is 232 g/mol. The van der Waals surface area contributed by atoms with Gasteiger partial charge in [0.2, 0.25) is 5.91 Å². The van der Waals surface area contributed by atoms with Crippen LogP contribution < -0.4 is 10.1 Å². The van der Waals surface area contributed by atoms with Crippen LogP contribution in [0.2, 0.25) is 0 Å². The number of ether oxygens (including phenoxy) is 1. The summed E-state index contributed by atoms with van der Waals surface area (Å²) in [6.45, 7) is 1.08. The van der Waals surface area contributed by atoms with Crippen LogP contribution in [-0.2, 0) is 4.79 Å².